The Morgan fingerprint density at radius 3 is 2.72 bits per heavy atom. The van der Waals surface area contributed by atoms with Crippen molar-refractivity contribution in [3.05, 3.63) is 29.8 Å². The second-order valence-corrected chi connectivity index (χ2v) is 4.66. The van der Waals surface area contributed by atoms with Crippen molar-refractivity contribution in [2.75, 3.05) is 13.2 Å². The molecule has 3 nitrogen and oxygen atoms in total. The van der Waals surface area contributed by atoms with E-state index in [1.807, 2.05) is 24.3 Å². The van der Waals surface area contributed by atoms with Gasteiger partial charge < -0.3 is 15.6 Å². The summed E-state index contributed by atoms with van der Waals surface area (Å²) in [6, 6.07) is 7.71. The fourth-order valence-corrected chi connectivity index (χ4v) is 1.87. The van der Waals surface area contributed by atoms with Gasteiger partial charge in [-0.1, -0.05) is 44.4 Å². The lowest BCUT2D eigenvalue weighted by atomic mass is 10.1. The van der Waals surface area contributed by atoms with Crippen LogP contribution in [0.1, 0.15) is 38.2 Å². The quantitative estimate of drug-likeness (QED) is 0.663. The molecule has 102 valence electrons. The highest BCUT2D eigenvalue weighted by molar-refractivity contribution is 5.33. The number of aliphatic hydroxyl groups excluding tert-OH is 1. The zero-order valence-electron chi connectivity index (χ0n) is 11.3. The highest BCUT2D eigenvalue weighted by Crippen LogP contribution is 2.19. The lowest BCUT2D eigenvalue weighted by molar-refractivity contribution is 0.262. The number of benzene rings is 1. The van der Waals surface area contributed by atoms with Crippen LogP contribution in [0.3, 0.4) is 0 Å². The maximum absolute atomic E-state index is 8.99. The van der Waals surface area contributed by atoms with E-state index in [9.17, 15) is 0 Å². The summed E-state index contributed by atoms with van der Waals surface area (Å²) in [5.41, 5.74) is 6.84. The van der Waals surface area contributed by atoms with E-state index < -0.39 is 0 Å². The van der Waals surface area contributed by atoms with Crippen LogP contribution in [0.4, 0.5) is 0 Å². The molecule has 0 aliphatic carbocycles. The second kappa shape index (κ2) is 8.95. The molecule has 0 radical (unpaired) electrons. The van der Waals surface area contributed by atoms with E-state index in [1.54, 1.807) is 0 Å². The molecular weight excluding hydrogens is 226 g/mol. The molecule has 0 amide bonds. The molecule has 0 saturated carbocycles. The minimum Gasteiger partial charge on any atom is -0.493 e. The summed E-state index contributed by atoms with van der Waals surface area (Å²) in [7, 11) is 0. The van der Waals surface area contributed by atoms with Gasteiger partial charge in [0.25, 0.3) is 0 Å². The highest BCUT2D eigenvalue weighted by Gasteiger charge is 2.07. The van der Waals surface area contributed by atoms with E-state index in [1.165, 1.54) is 19.3 Å². The monoisotopic (exact) mass is 251 g/mol. The number of unbranched alkanes of at least 4 members (excludes halogenated alkanes) is 3. The molecule has 1 aromatic rings. The third kappa shape index (κ3) is 5.52. The first kappa shape index (κ1) is 15.0. The fraction of sp³-hybridized carbons (Fsp3) is 0.600. The number of nitrogens with two attached hydrogens (primary N) is 1. The van der Waals surface area contributed by atoms with Crippen LogP contribution in [-0.4, -0.2) is 24.4 Å². The van der Waals surface area contributed by atoms with Crippen LogP contribution in [-0.2, 0) is 6.42 Å². The smallest absolute Gasteiger partial charge is 0.122 e. The average molecular weight is 251 g/mol. The van der Waals surface area contributed by atoms with Crippen molar-refractivity contribution in [1.82, 2.24) is 0 Å². The molecular formula is C15H25NO2. The van der Waals surface area contributed by atoms with Crippen LogP contribution in [0.2, 0.25) is 0 Å². The van der Waals surface area contributed by atoms with Gasteiger partial charge in [-0.2, -0.15) is 0 Å². The Kier molecular flexibility index (Phi) is 7.46. The van der Waals surface area contributed by atoms with Crippen LogP contribution < -0.4 is 10.5 Å². The van der Waals surface area contributed by atoms with Crippen LogP contribution >= 0.6 is 0 Å². The van der Waals surface area contributed by atoms with Crippen molar-refractivity contribution < 1.29 is 9.84 Å². The molecule has 0 aliphatic rings. The van der Waals surface area contributed by atoms with Gasteiger partial charge in [0.05, 0.1) is 13.2 Å². The molecule has 1 aromatic carbocycles. The standard InChI is InChI=1S/C15H25NO2/c1-2-3-4-7-10-18-15-9-6-5-8-13(15)11-14(16)12-17/h5-6,8-9,14,17H,2-4,7,10-12,16H2,1H3. The van der Waals surface area contributed by atoms with E-state index in [4.69, 9.17) is 15.6 Å². The number of para-hydroxylation sites is 1. The van der Waals surface area contributed by atoms with E-state index >= 15 is 0 Å². The molecule has 0 bridgehead atoms. The summed E-state index contributed by atoms with van der Waals surface area (Å²) in [5.74, 6) is 0.901. The van der Waals surface area contributed by atoms with E-state index in [0.29, 0.717) is 6.42 Å². The zero-order valence-corrected chi connectivity index (χ0v) is 11.3. The third-order valence-corrected chi connectivity index (χ3v) is 2.94. The van der Waals surface area contributed by atoms with Gasteiger partial charge in [-0.05, 0) is 24.5 Å². The van der Waals surface area contributed by atoms with Crippen LogP contribution in [0.25, 0.3) is 0 Å². The second-order valence-electron chi connectivity index (χ2n) is 4.66. The Labute approximate surface area is 110 Å². The fourth-order valence-electron chi connectivity index (χ4n) is 1.87. The molecule has 0 heterocycles. The Hall–Kier alpha value is -1.06. The van der Waals surface area contributed by atoms with Gasteiger partial charge in [0, 0.05) is 6.04 Å². The molecule has 0 fully saturated rings. The molecule has 1 unspecified atom stereocenters. The summed E-state index contributed by atoms with van der Waals surface area (Å²) in [6.07, 6.45) is 5.47. The maximum Gasteiger partial charge on any atom is 0.122 e. The first-order chi connectivity index (χ1) is 8.77. The zero-order chi connectivity index (χ0) is 13.2. The first-order valence-corrected chi connectivity index (χ1v) is 6.85. The molecule has 0 spiro atoms. The molecule has 1 atom stereocenters. The lowest BCUT2D eigenvalue weighted by Gasteiger charge is -2.13. The summed E-state index contributed by atoms with van der Waals surface area (Å²) in [5, 5.41) is 8.99. The summed E-state index contributed by atoms with van der Waals surface area (Å²) in [4.78, 5) is 0. The van der Waals surface area contributed by atoms with Crippen LogP contribution in [0, 0.1) is 0 Å². The number of ether oxygens (including phenoxy) is 1. The van der Waals surface area contributed by atoms with Crippen LogP contribution in [0.15, 0.2) is 24.3 Å². The molecule has 1 rings (SSSR count). The Bertz CT molecular complexity index is 328. The van der Waals surface area contributed by atoms with Crippen LogP contribution in [0.5, 0.6) is 5.75 Å². The minimum atomic E-state index is -0.213. The Morgan fingerprint density at radius 2 is 2.00 bits per heavy atom. The van der Waals surface area contributed by atoms with Gasteiger partial charge in [-0.15, -0.1) is 0 Å². The van der Waals surface area contributed by atoms with Gasteiger partial charge in [0.15, 0.2) is 0 Å². The van der Waals surface area contributed by atoms with Crippen molar-refractivity contribution in [2.24, 2.45) is 5.73 Å². The maximum atomic E-state index is 8.99. The largest absolute Gasteiger partial charge is 0.493 e. The first-order valence-electron chi connectivity index (χ1n) is 6.85. The van der Waals surface area contributed by atoms with E-state index in [0.717, 1.165) is 24.3 Å². The van der Waals surface area contributed by atoms with Gasteiger partial charge >= 0.3 is 0 Å². The predicted octanol–water partition coefficient (Wildman–Crippen LogP) is 2.51. The van der Waals surface area contributed by atoms with Crippen molar-refractivity contribution in [2.45, 2.75) is 45.1 Å². The minimum absolute atomic E-state index is 0.00480. The summed E-state index contributed by atoms with van der Waals surface area (Å²) < 4.78 is 5.79. The van der Waals surface area contributed by atoms with Gasteiger partial charge in [0.2, 0.25) is 0 Å². The average Bonchev–Trinajstić information content (AvgIpc) is 2.40. The lowest BCUT2D eigenvalue weighted by Crippen LogP contribution is -2.27. The molecule has 3 N–H and O–H groups in total. The molecule has 0 aromatic heterocycles. The normalized spacial score (nSPS) is 12.4. The predicted molar refractivity (Wildman–Crippen MR) is 74.8 cm³/mol. The van der Waals surface area contributed by atoms with Gasteiger partial charge in [-0.25, -0.2) is 0 Å². The van der Waals surface area contributed by atoms with Crippen molar-refractivity contribution >= 4 is 0 Å². The Morgan fingerprint density at radius 1 is 1.22 bits per heavy atom. The van der Waals surface area contributed by atoms with E-state index in [-0.39, 0.29) is 12.6 Å². The van der Waals surface area contributed by atoms with Gasteiger partial charge in [-0.3, -0.25) is 0 Å². The number of hydrogen-bond donors (Lipinski definition) is 2. The highest BCUT2D eigenvalue weighted by atomic mass is 16.5. The molecule has 18 heavy (non-hydrogen) atoms. The summed E-state index contributed by atoms with van der Waals surface area (Å²) in [6.45, 7) is 2.96. The molecule has 0 aliphatic heterocycles. The third-order valence-electron chi connectivity index (χ3n) is 2.94. The van der Waals surface area contributed by atoms with Crippen molar-refractivity contribution in [3.8, 4) is 5.75 Å². The van der Waals surface area contributed by atoms with Crippen molar-refractivity contribution in [1.29, 1.82) is 0 Å². The van der Waals surface area contributed by atoms with Gasteiger partial charge in [0.1, 0.15) is 5.75 Å². The summed E-state index contributed by atoms with van der Waals surface area (Å²) >= 11 is 0. The van der Waals surface area contributed by atoms with E-state index in [2.05, 4.69) is 6.92 Å². The molecule has 3 heteroatoms. The number of aliphatic hydroxyl groups is 1. The molecule has 0 saturated heterocycles. The number of rotatable bonds is 9. The SMILES string of the molecule is CCCCCCOc1ccccc1CC(N)CO. The number of hydrogen-bond acceptors (Lipinski definition) is 3. The topological polar surface area (TPSA) is 55.5 Å². The Balaban J connectivity index is 2.43. The van der Waals surface area contributed by atoms with Crippen molar-refractivity contribution in [3.63, 3.8) is 0 Å².